The summed E-state index contributed by atoms with van der Waals surface area (Å²) in [5.74, 6) is -7.04. The van der Waals surface area contributed by atoms with Gasteiger partial charge < -0.3 is 20.1 Å². The predicted octanol–water partition coefficient (Wildman–Crippen LogP) is 0.534. The Hall–Kier alpha value is -1.63. The summed E-state index contributed by atoms with van der Waals surface area (Å²) in [4.78, 5) is 32.5. The average molecular weight is 262 g/mol. The fourth-order valence-electron chi connectivity index (χ4n) is 1.86. The standard InChI is InChI=1S/C9H12O7.C2H6/c1-3-4(7(10)11)2-16-6(9(14)15)5(3)8(12)13;1-2/h3-6H,2H2,1H3,(H,10,11)(H,12,13)(H,14,15);1-2H3. The number of ether oxygens (including phenoxy) is 1. The Labute approximate surface area is 104 Å². The van der Waals surface area contributed by atoms with Gasteiger partial charge in [-0.05, 0) is 5.92 Å². The van der Waals surface area contributed by atoms with Crippen LogP contribution in [0, 0.1) is 17.8 Å². The van der Waals surface area contributed by atoms with Crippen molar-refractivity contribution in [1.82, 2.24) is 0 Å². The van der Waals surface area contributed by atoms with E-state index in [-0.39, 0.29) is 6.61 Å². The summed E-state index contributed by atoms with van der Waals surface area (Å²) in [6.45, 7) is 5.13. The topological polar surface area (TPSA) is 121 Å². The first-order chi connectivity index (χ1) is 8.36. The van der Waals surface area contributed by atoms with Crippen LogP contribution in [0.1, 0.15) is 20.8 Å². The molecule has 4 atom stereocenters. The van der Waals surface area contributed by atoms with Crippen molar-refractivity contribution < 1.29 is 34.4 Å². The molecular weight excluding hydrogens is 244 g/mol. The lowest BCUT2D eigenvalue weighted by Gasteiger charge is -2.35. The van der Waals surface area contributed by atoms with Crippen LogP contribution in [0.3, 0.4) is 0 Å². The molecule has 4 unspecified atom stereocenters. The van der Waals surface area contributed by atoms with Crippen LogP contribution >= 0.6 is 0 Å². The van der Waals surface area contributed by atoms with Gasteiger partial charge in [0.15, 0.2) is 6.10 Å². The minimum atomic E-state index is -1.48. The first-order valence-corrected chi connectivity index (χ1v) is 5.66. The van der Waals surface area contributed by atoms with Gasteiger partial charge in [-0.15, -0.1) is 0 Å². The van der Waals surface area contributed by atoms with Crippen LogP contribution in [-0.4, -0.2) is 45.9 Å². The van der Waals surface area contributed by atoms with E-state index in [4.69, 9.17) is 20.1 Å². The zero-order chi connectivity index (χ0) is 14.5. The van der Waals surface area contributed by atoms with Crippen molar-refractivity contribution in [3.8, 4) is 0 Å². The summed E-state index contributed by atoms with van der Waals surface area (Å²) in [5.41, 5.74) is 0. The van der Waals surface area contributed by atoms with Gasteiger partial charge in [0.25, 0.3) is 0 Å². The maximum atomic E-state index is 10.9. The molecule has 1 heterocycles. The monoisotopic (exact) mass is 262 g/mol. The van der Waals surface area contributed by atoms with Crippen LogP contribution in [0.4, 0.5) is 0 Å². The van der Waals surface area contributed by atoms with Crippen molar-refractivity contribution in [2.24, 2.45) is 17.8 Å². The third kappa shape index (κ3) is 3.43. The number of aliphatic carboxylic acids is 3. The van der Waals surface area contributed by atoms with Crippen LogP contribution in [0.15, 0.2) is 0 Å². The van der Waals surface area contributed by atoms with Crippen molar-refractivity contribution in [2.75, 3.05) is 6.61 Å². The van der Waals surface area contributed by atoms with Crippen molar-refractivity contribution in [3.05, 3.63) is 0 Å². The number of hydrogen-bond donors (Lipinski definition) is 3. The van der Waals surface area contributed by atoms with E-state index >= 15 is 0 Å². The van der Waals surface area contributed by atoms with Crippen LogP contribution < -0.4 is 0 Å². The highest BCUT2D eigenvalue weighted by atomic mass is 16.5. The van der Waals surface area contributed by atoms with Crippen molar-refractivity contribution in [1.29, 1.82) is 0 Å². The molecule has 0 aromatic heterocycles. The summed E-state index contributed by atoms with van der Waals surface area (Å²) >= 11 is 0. The normalized spacial score (nSPS) is 30.8. The van der Waals surface area contributed by atoms with Crippen molar-refractivity contribution in [2.45, 2.75) is 26.9 Å². The van der Waals surface area contributed by atoms with E-state index in [1.165, 1.54) is 6.92 Å². The van der Waals surface area contributed by atoms with Gasteiger partial charge in [-0.2, -0.15) is 0 Å². The largest absolute Gasteiger partial charge is 0.481 e. The van der Waals surface area contributed by atoms with Gasteiger partial charge in [0.2, 0.25) is 0 Å². The second kappa shape index (κ2) is 6.95. The molecule has 0 amide bonds. The molecule has 1 fully saturated rings. The van der Waals surface area contributed by atoms with E-state index in [1.807, 2.05) is 13.8 Å². The maximum Gasteiger partial charge on any atom is 0.333 e. The molecule has 7 nitrogen and oxygen atoms in total. The van der Waals surface area contributed by atoms with E-state index in [1.54, 1.807) is 0 Å². The maximum absolute atomic E-state index is 10.9. The lowest BCUT2D eigenvalue weighted by molar-refractivity contribution is -0.184. The van der Waals surface area contributed by atoms with Crippen molar-refractivity contribution >= 4 is 17.9 Å². The van der Waals surface area contributed by atoms with Gasteiger partial charge in [0, 0.05) is 0 Å². The molecule has 7 heteroatoms. The van der Waals surface area contributed by atoms with Crippen LogP contribution in [0.25, 0.3) is 0 Å². The number of carboxylic acid groups (broad SMARTS) is 3. The smallest absolute Gasteiger partial charge is 0.333 e. The van der Waals surface area contributed by atoms with E-state index < -0.39 is 41.8 Å². The molecule has 3 N–H and O–H groups in total. The fourth-order valence-corrected chi connectivity index (χ4v) is 1.86. The summed E-state index contributed by atoms with van der Waals surface area (Å²) in [6, 6.07) is 0. The van der Waals surface area contributed by atoms with Gasteiger partial charge in [0.05, 0.1) is 18.4 Å². The zero-order valence-corrected chi connectivity index (χ0v) is 10.5. The Bertz CT molecular complexity index is 325. The highest BCUT2D eigenvalue weighted by molar-refractivity contribution is 5.83. The molecule has 0 saturated carbocycles. The number of carbonyl (C=O) groups is 3. The first-order valence-electron chi connectivity index (χ1n) is 5.66. The highest BCUT2D eigenvalue weighted by Crippen LogP contribution is 2.32. The van der Waals surface area contributed by atoms with E-state index in [0.717, 1.165) is 0 Å². The first kappa shape index (κ1) is 16.4. The van der Waals surface area contributed by atoms with E-state index in [9.17, 15) is 14.4 Å². The SMILES string of the molecule is CC.CC1C(C(=O)O)COC(C(=O)O)C1C(=O)O. The van der Waals surface area contributed by atoms with Crippen LogP contribution in [0.5, 0.6) is 0 Å². The minimum absolute atomic E-state index is 0.281. The van der Waals surface area contributed by atoms with Gasteiger partial charge in [-0.25, -0.2) is 4.79 Å². The van der Waals surface area contributed by atoms with Gasteiger partial charge in [0.1, 0.15) is 0 Å². The minimum Gasteiger partial charge on any atom is -0.481 e. The van der Waals surface area contributed by atoms with E-state index in [2.05, 4.69) is 0 Å². The third-order valence-electron chi connectivity index (χ3n) is 2.83. The van der Waals surface area contributed by atoms with E-state index in [0.29, 0.717) is 0 Å². The highest BCUT2D eigenvalue weighted by Gasteiger charge is 2.48. The van der Waals surface area contributed by atoms with Crippen molar-refractivity contribution in [3.63, 3.8) is 0 Å². The van der Waals surface area contributed by atoms with Gasteiger partial charge in [-0.3, -0.25) is 9.59 Å². The lowest BCUT2D eigenvalue weighted by atomic mass is 9.78. The molecule has 0 aliphatic carbocycles. The fraction of sp³-hybridized carbons (Fsp3) is 0.727. The zero-order valence-electron chi connectivity index (χ0n) is 10.5. The Balaban J connectivity index is 0.00000137. The summed E-state index contributed by atoms with van der Waals surface area (Å²) in [7, 11) is 0. The molecule has 18 heavy (non-hydrogen) atoms. The third-order valence-corrected chi connectivity index (χ3v) is 2.83. The van der Waals surface area contributed by atoms with Crippen LogP contribution in [0.2, 0.25) is 0 Å². The lowest BCUT2D eigenvalue weighted by Crippen LogP contribution is -2.50. The van der Waals surface area contributed by atoms with Crippen LogP contribution in [-0.2, 0) is 19.1 Å². The molecule has 1 aliphatic heterocycles. The molecule has 1 rings (SSSR count). The second-order valence-corrected chi connectivity index (χ2v) is 3.76. The molecule has 0 aromatic rings. The summed E-state index contributed by atoms with van der Waals surface area (Å²) in [5, 5.41) is 26.5. The molecule has 1 aliphatic rings. The van der Waals surface area contributed by atoms with Gasteiger partial charge >= 0.3 is 17.9 Å². The molecule has 104 valence electrons. The average Bonchev–Trinajstić information content (AvgIpc) is 2.29. The Kier molecular flexibility index (Phi) is 6.32. The molecule has 0 bridgehead atoms. The quantitative estimate of drug-likeness (QED) is 0.678. The molecule has 0 aromatic carbocycles. The number of rotatable bonds is 3. The number of carboxylic acids is 3. The Morgan fingerprint density at radius 1 is 1.00 bits per heavy atom. The Morgan fingerprint density at radius 2 is 1.50 bits per heavy atom. The molecule has 0 spiro atoms. The van der Waals surface area contributed by atoms with Gasteiger partial charge in [-0.1, -0.05) is 20.8 Å². The predicted molar refractivity (Wildman–Crippen MR) is 60.1 cm³/mol. The Morgan fingerprint density at radius 3 is 1.83 bits per heavy atom. The number of hydrogen-bond acceptors (Lipinski definition) is 4. The second-order valence-electron chi connectivity index (χ2n) is 3.76. The molecule has 0 radical (unpaired) electrons. The molecule has 1 saturated heterocycles. The molecular formula is C11H18O7. The summed E-state index contributed by atoms with van der Waals surface area (Å²) in [6.07, 6.45) is -1.48. The summed E-state index contributed by atoms with van der Waals surface area (Å²) < 4.78 is 4.80.